The summed E-state index contributed by atoms with van der Waals surface area (Å²) in [6, 6.07) is 0. The molecule has 8 nitrogen and oxygen atoms in total. The Morgan fingerprint density at radius 1 is 1.17 bits per heavy atom. The van der Waals surface area contributed by atoms with E-state index in [9.17, 15) is 9.59 Å². The van der Waals surface area contributed by atoms with E-state index in [0.717, 1.165) is 11.1 Å². The fraction of sp³-hybridized carbons (Fsp3) is 0.760. The lowest BCUT2D eigenvalue weighted by Gasteiger charge is -2.27. The van der Waals surface area contributed by atoms with E-state index >= 15 is 0 Å². The third kappa shape index (κ3) is 25.4. The standard InChI is InChI=1S/C12H21NO3.C8H17NO3.C4H6Cl2.CH4/c1-9-6-13(7-10(2)15-8-9)11(14)16-12(3,4)5;1-6(10)5-9-7(11)12-8(2,3)4;1-4(2-5)3-6;/h10H,1,6-8H2,2-5H3;6,10H,5H2,1-4H3,(H,9,11);1-3H2;1H4. The quantitative estimate of drug-likeness (QED) is 0.346. The average Bonchev–Trinajstić information content (AvgIpc) is 2.85. The number of hydrogen-bond acceptors (Lipinski definition) is 6. The lowest BCUT2D eigenvalue weighted by Crippen LogP contribution is -2.40. The summed E-state index contributed by atoms with van der Waals surface area (Å²) in [7, 11) is 0. The Balaban J connectivity index is -0.000000478. The molecule has 1 aliphatic heterocycles. The van der Waals surface area contributed by atoms with Crippen molar-refractivity contribution in [2.45, 2.75) is 86.2 Å². The molecule has 0 spiro atoms. The minimum atomic E-state index is -0.544. The summed E-state index contributed by atoms with van der Waals surface area (Å²) >= 11 is 10.5. The number of halogens is 2. The molecule has 208 valence electrons. The first kappa shape index (κ1) is 38.1. The van der Waals surface area contributed by atoms with Crippen LogP contribution in [0.3, 0.4) is 0 Å². The van der Waals surface area contributed by atoms with E-state index in [2.05, 4.69) is 18.5 Å². The molecule has 0 radical (unpaired) electrons. The Kier molecular flexibility index (Phi) is 20.4. The Morgan fingerprint density at radius 2 is 1.66 bits per heavy atom. The number of alkyl carbamates (subject to hydrolysis) is 1. The number of hydrogen-bond donors (Lipinski definition) is 2. The summed E-state index contributed by atoms with van der Waals surface area (Å²) in [6.07, 6.45) is -1.32. The zero-order chi connectivity index (χ0) is 27.1. The molecule has 0 aromatic heterocycles. The Bertz CT molecular complexity index is 637. The van der Waals surface area contributed by atoms with Gasteiger partial charge in [0.25, 0.3) is 0 Å². The van der Waals surface area contributed by atoms with Crippen molar-refractivity contribution in [2.24, 2.45) is 0 Å². The lowest BCUT2D eigenvalue weighted by atomic mass is 10.2. The van der Waals surface area contributed by atoms with Crippen LogP contribution < -0.4 is 5.32 Å². The minimum Gasteiger partial charge on any atom is -0.444 e. The SMILES string of the molecule is C.C=C(CCl)CCl.C=C1COC(C)CN(C(=O)OC(C)(C)C)C1.CC(O)CNC(=O)OC(C)(C)C. The van der Waals surface area contributed by atoms with Gasteiger partial charge < -0.3 is 29.5 Å². The molecule has 35 heavy (non-hydrogen) atoms. The van der Waals surface area contributed by atoms with Crippen LogP contribution in [0.5, 0.6) is 0 Å². The van der Waals surface area contributed by atoms with Crippen LogP contribution >= 0.6 is 23.2 Å². The third-order valence-electron chi connectivity index (χ3n) is 3.43. The molecule has 1 aliphatic rings. The summed E-state index contributed by atoms with van der Waals surface area (Å²) in [5.41, 5.74) is 0.825. The molecule has 0 aromatic carbocycles. The Labute approximate surface area is 223 Å². The van der Waals surface area contributed by atoms with Gasteiger partial charge in [0.2, 0.25) is 0 Å². The second-order valence-corrected chi connectivity index (χ2v) is 10.5. The highest BCUT2D eigenvalue weighted by Gasteiger charge is 2.26. The molecule has 2 amide bonds. The summed E-state index contributed by atoms with van der Waals surface area (Å²) < 4.78 is 15.7. The largest absolute Gasteiger partial charge is 0.444 e. The van der Waals surface area contributed by atoms with Crippen LogP contribution in [0.15, 0.2) is 24.3 Å². The van der Waals surface area contributed by atoms with E-state index in [1.54, 1.807) is 32.6 Å². The van der Waals surface area contributed by atoms with Crippen molar-refractivity contribution in [1.82, 2.24) is 10.2 Å². The zero-order valence-corrected chi connectivity index (χ0v) is 23.5. The number of allylic oxidation sites excluding steroid dienone is 1. The van der Waals surface area contributed by atoms with Crippen molar-refractivity contribution >= 4 is 35.4 Å². The maximum absolute atomic E-state index is 11.9. The maximum Gasteiger partial charge on any atom is 0.410 e. The van der Waals surface area contributed by atoms with Gasteiger partial charge in [0.15, 0.2) is 0 Å². The topological polar surface area (TPSA) is 97.3 Å². The molecule has 0 saturated carbocycles. The molecule has 1 rings (SSSR count). The summed E-state index contributed by atoms with van der Waals surface area (Å²) in [4.78, 5) is 24.4. The van der Waals surface area contributed by atoms with E-state index in [1.165, 1.54) is 0 Å². The van der Waals surface area contributed by atoms with Crippen LogP contribution in [0.2, 0.25) is 0 Å². The Hall–Kier alpha value is -1.48. The van der Waals surface area contributed by atoms with Crippen molar-refractivity contribution in [1.29, 1.82) is 0 Å². The van der Waals surface area contributed by atoms with Crippen LogP contribution in [0.25, 0.3) is 0 Å². The van der Waals surface area contributed by atoms with E-state index in [4.69, 9.17) is 42.5 Å². The van der Waals surface area contributed by atoms with Gasteiger partial charge in [0, 0.05) is 24.8 Å². The van der Waals surface area contributed by atoms with Gasteiger partial charge in [-0.25, -0.2) is 9.59 Å². The van der Waals surface area contributed by atoms with Gasteiger partial charge in [-0.2, -0.15) is 0 Å². The van der Waals surface area contributed by atoms with E-state index in [1.807, 2.05) is 27.7 Å². The summed E-state index contributed by atoms with van der Waals surface area (Å²) in [6.45, 7) is 23.7. The van der Waals surface area contributed by atoms with E-state index in [-0.39, 0.29) is 26.2 Å². The molecule has 2 atom stereocenters. The number of alkyl halides is 2. The fourth-order valence-corrected chi connectivity index (χ4v) is 2.34. The molecule has 2 unspecified atom stereocenters. The van der Waals surface area contributed by atoms with Crippen molar-refractivity contribution in [3.63, 3.8) is 0 Å². The molecule has 1 saturated heterocycles. The van der Waals surface area contributed by atoms with Crippen molar-refractivity contribution in [3.05, 3.63) is 24.3 Å². The van der Waals surface area contributed by atoms with Gasteiger partial charge in [0.05, 0.1) is 25.4 Å². The molecule has 1 fully saturated rings. The normalized spacial score (nSPS) is 16.6. The number of carbonyl (C=O) groups is 2. The van der Waals surface area contributed by atoms with E-state index < -0.39 is 23.4 Å². The minimum absolute atomic E-state index is 0. The number of aliphatic hydroxyl groups excluding tert-OH is 1. The maximum atomic E-state index is 11.9. The zero-order valence-electron chi connectivity index (χ0n) is 22.0. The first-order chi connectivity index (χ1) is 15.4. The second-order valence-electron chi connectivity index (χ2n) is 9.98. The van der Waals surface area contributed by atoms with Gasteiger partial charge in [-0.3, -0.25) is 0 Å². The highest BCUT2D eigenvalue weighted by molar-refractivity contribution is 6.23. The molecular weight excluding hydrogens is 495 g/mol. The second kappa shape index (κ2) is 18.7. The fourth-order valence-electron chi connectivity index (χ4n) is 2.05. The van der Waals surface area contributed by atoms with E-state index in [0.29, 0.717) is 31.5 Å². The summed E-state index contributed by atoms with van der Waals surface area (Å²) in [5, 5.41) is 11.3. The van der Waals surface area contributed by atoms with Crippen molar-refractivity contribution in [2.75, 3.05) is 38.0 Å². The van der Waals surface area contributed by atoms with Crippen LogP contribution in [0, 0.1) is 0 Å². The number of rotatable bonds is 4. The van der Waals surface area contributed by atoms with Crippen LogP contribution in [0.1, 0.15) is 62.8 Å². The predicted molar refractivity (Wildman–Crippen MR) is 146 cm³/mol. The predicted octanol–water partition coefficient (Wildman–Crippen LogP) is 5.75. The molecule has 0 aromatic rings. The first-order valence-corrected chi connectivity index (χ1v) is 12.2. The summed E-state index contributed by atoms with van der Waals surface area (Å²) in [5.74, 6) is 0.951. The number of ether oxygens (including phenoxy) is 3. The number of aliphatic hydroxyl groups is 1. The average molecular weight is 544 g/mol. The van der Waals surface area contributed by atoms with Crippen LogP contribution in [-0.2, 0) is 14.2 Å². The molecule has 0 aliphatic carbocycles. The number of carbonyl (C=O) groups excluding carboxylic acids is 2. The first-order valence-electron chi connectivity index (χ1n) is 11.1. The molecule has 10 heteroatoms. The highest BCUT2D eigenvalue weighted by atomic mass is 35.5. The number of nitrogens with one attached hydrogen (secondary N) is 1. The van der Waals surface area contributed by atoms with Crippen molar-refractivity contribution < 1.29 is 28.9 Å². The smallest absolute Gasteiger partial charge is 0.410 e. The van der Waals surface area contributed by atoms with Crippen LogP contribution in [0.4, 0.5) is 9.59 Å². The number of nitrogens with zero attached hydrogens (tertiary/aromatic N) is 1. The van der Waals surface area contributed by atoms with Gasteiger partial charge >= 0.3 is 12.2 Å². The van der Waals surface area contributed by atoms with Crippen molar-refractivity contribution in [3.8, 4) is 0 Å². The number of amides is 2. The van der Waals surface area contributed by atoms with Crippen LogP contribution in [-0.4, -0.2) is 83.6 Å². The lowest BCUT2D eigenvalue weighted by molar-refractivity contribution is 0.0171. The molecule has 1 heterocycles. The molecule has 2 N–H and O–H groups in total. The Morgan fingerprint density at radius 3 is 2.03 bits per heavy atom. The monoisotopic (exact) mass is 542 g/mol. The molecule has 0 bridgehead atoms. The van der Waals surface area contributed by atoms with Gasteiger partial charge in [-0.05, 0) is 66.5 Å². The highest BCUT2D eigenvalue weighted by Crippen LogP contribution is 2.14. The van der Waals surface area contributed by atoms with Gasteiger partial charge in [-0.15, -0.1) is 23.2 Å². The third-order valence-corrected chi connectivity index (χ3v) is 4.19. The van der Waals surface area contributed by atoms with Gasteiger partial charge in [0.1, 0.15) is 11.2 Å². The van der Waals surface area contributed by atoms with Gasteiger partial charge in [-0.1, -0.05) is 20.6 Å². The molecular formula is C25H48Cl2N2O6.